The van der Waals surface area contributed by atoms with Gasteiger partial charge in [0.1, 0.15) is 0 Å². The van der Waals surface area contributed by atoms with Crippen LogP contribution in [0, 0.1) is 0 Å². The summed E-state index contributed by atoms with van der Waals surface area (Å²) in [5.41, 5.74) is 0. The Morgan fingerprint density at radius 1 is 0.773 bits per heavy atom. The van der Waals surface area contributed by atoms with Gasteiger partial charge in [-0.25, -0.2) is 4.79 Å². The molecule has 0 aromatic heterocycles. The molecule has 0 saturated carbocycles. The highest BCUT2D eigenvalue weighted by atomic mass is 16.5. The fourth-order valence-corrected chi connectivity index (χ4v) is 2.71. The van der Waals surface area contributed by atoms with Crippen LogP contribution in [0.2, 0.25) is 0 Å². The Bertz CT molecular complexity index is 241. The van der Waals surface area contributed by atoms with Crippen LogP contribution in [0.1, 0.15) is 104 Å². The van der Waals surface area contributed by atoms with Gasteiger partial charge < -0.3 is 9.84 Å². The van der Waals surface area contributed by atoms with Gasteiger partial charge in [0.15, 0.2) is 6.10 Å². The van der Waals surface area contributed by atoms with Crippen molar-refractivity contribution in [1.82, 2.24) is 0 Å². The summed E-state index contributed by atoms with van der Waals surface area (Å²) < 4.78 is 4.78. The molecule has 0 aliphatic carbocycles. The molecule has 0 saturated heterocycles. The lowest BCUT2D eigenvalue weighted by atomic mass is 10.0. The highest BCUT2D eigenvalue weighted by Gasteiger charge is 2.14. The van der Waals surface area contributed by atoms with E-state index in [1.54, 1.807) is 6.92 Å². The number of aliphatic hydroxyl groups excluding tert-OH is 1. The Kier molecular flexibility index (Phi) is 16.4. The highest BCUT2D eigenvalue weighted by molar-refractivity contribution is 5.74. The molecule has 132 valence electrons. The minimum atomic E-state index is -0.923. The number of esters is 1. The first-order valence-corrected chi connectivity index (χ1v) is 9.57. The first-order valence-electron chi connectivity index (χ1n) is 9.57. The van der Waals surface area contributed by atoms with Crippen molar-refractivity contribution in [3.63, 3.8) is 0 Å². The second kappa shape index (κ2) is 16.8. The summed E-state index contributed by atoms with van der Waals surface area (Å²) in [7, 11) is 0. The van der Waals surface area contributed by atoms with Crippen molar-refractivity contribution in [2.75, 3.05) is 6.61 Å². The van der Waals surface area contributed by atoms with Crippen LogP contribution in [0.4, 0.5) is 0 Å². The molecule has 0 rings (SSSR count). The number of rotatable bonds is 16. The monoisotopic (exact) mass is 314 g/mol. The van der Waals surface area contributed by atoms with E-state index >= 15 is 0 Å². The number of hydrogen-bond donors (Lipinski definition) is 1. The first kappa shape index (κ1) is 21.4. The number of aliphatic hydroxyl groups is 1. The molecule has 0 heterocycles. The van der Waals surface area contributed by atoms with Gasteiger partial charge in [0.05, 0.1) is 6.61 Å². The maximum atomic E-state index is 11.2. The summed E-state index contributed by atoms with van der Waals surface area (Å²) in [6, 6.07) is 0. The van der Waals surface area contributed by atoms with Crippen LogP contribution in [-0.2, 0) is 9.53 Å². The maximum Gasteiger partial charge on any atom is 0.334 e. The third-order valence-electron chi connectivity index (χ3n) is 4.14. The zero-order chi connectivity index (χ0) is 16.5. The van der Waals surface area contributed by atoms with Crippen molar-refractivity contribution in [2.45, 2.75) is 110 Å². The van der Waals surface area contributed by atoms with Gasteiger partial charge >= 0.3 is 5.97 Å². The lowest BCUT2D eigenvalue weighted by Crippen LogP contribution is -2.22. The molecule has 0 spiro atoms. The fraction of sp³-hybridized carbons (Fsp3) is 0.947. The minimum absolute atomic E-state index is 0.342. The van der Waals surface area contributed by atoms with E-state index in [-0.39, 0.29) is 0 Å². The Labute approximate surface area is 137 Å². The van der Waals surface area contributed by atoms with Crippen molar-refractivity contribution < 1.29 is 14.6 Å². The molecule has 3 heteroatoms. The smallest absolute Gasteiger partial charge is 0.334 e. The van der Waals surface area contributed by atoms with Crippen LogP contribution in [0.5, 0.6) is 0 Å². The topological polar surface area (TPSA) is 46.5 Å². The third kappa shape index (κ3) is 14.4. The largest absolute Gasteiger partial charge is 0.464 e. The summed E-state index contributed by atoms with van der Waals surface area (Å²) in [6.07, 6.45) is 16.6. The predicted molar refractivity (Wildman–Crippen MR) is 93.0 cm³/mol. The van der Waals surface area contributed by atoms with Gasteiger partial charge in [0, 0.05) is 0 Å². The molecule has 0 aromatic rings. The van der Waals surface area contributed by atoms with Gasteiger partial charge in [-0.15, -0.1) is 0 Å². The van der Waals surface area contributed by atoms with Crippen LogP contribution in [0.15, 0.2) is 0 Å². The maximum absolute atomic E-state index is 11.2. The Morgan fingerprint density at radius 3 is 1.59 bits per heavy atom. The van der Waals surface area contributed by atoms with E-state index in [2.05, 4.69) is 6.92 Å². The zero-order valence-corrected chi connectivity index (χ0v) is 14.9. The number of carbonyl (C=O) groups excluding carboxylic acids is 1. The molecule has 22 heavy (non-hydrogen) atoms. The molecule has 0 amide bonds. The van der Waals surface area contributed by atoms with E-state index in [9.17, 15) is 9.90 Å². The van der Waals surface area contributed by atoms with E-state index in [0.29, 0.717) is 13.0 Å². The van der Waals surface area contributed by atoms with Crippen molar-refractivity contribution in [3.8, 4) is 0 Å². The predicted octanol–water partition coefficient (Wildman–Crippen LogP) is 5.39. The molecular formula is C19H38O3. The van der Waals surface area contributed by atoms with Crippen molar-refractivity contribution >= 4 is 5.97 Å². The Balaban J connectivity index is 3.15. The lowest BCUT2D eigenvalue weighted by molar-refractivity contribution is -0.153. The normalized spacial score (nSPS) is 12.3. The van der Waals surface area contributed by atoms with Gasteiger partial charge in [0.25, 0.3) is 0 Å². The quantitative estimate of drug-likeness (QED) is 0.307. The fourth-order valence-electron chi connectivity index (χ4n) is 2.71. The average molecular weight is 315 g/mol. The number of hydrogen-bond acceptors (Lipinski definition) is 3. The van der Waals surface area contributed by atoms with E-state index in [1.807, 2.05) is 0 Å². The van der Waals surface area contributed by atoms with Crippen molar-refractivity contribution in [1.29, 1.82) is 0 Å². The SMILES string of the molecule is CCCCCCCCCCCCCCCC(O)C(=O)OCC. The van der Waals surface area contributed by atoms with Gasteiger partial charge in [-0.05, 0) is 13.3 Å². The lowest BCUT2D eigenvalue weighted by Gasteiger charge is -2.09. The molecule has 3 nitrogen and oxygen atoms in total. The summed E-state index contributed by atoms with van der Waals surface area (Å²) >= 11 is 0. The molecule has 1 unspecified atom stereocenters. The molecule has 0 fully saturated rings. The minimum Gasteiger partial charge on any atom is -0.464 e. The molecular weight excluding hydrogens is 276 g/mol. The van der Waals surface area contributed by atoms with Crippen LogP contribution >= 0.6 is 0 Å². The Hall–Kier alpha value is -0.570. The second-order valence-electron chi connectivity index (χ2n) is 6.30. The molecule has 0 aliphatic rings. The standard InChI is InChI=1S/C19H38O3/c1-3-5-6-7-8-9-10-11-12-13-14-15-16-17-18(20)19(21)22-4-2/h18,20H,3-17H2,1-2H3. The number of carbonyl (C=O) groups is 1. The summed E-state index contributed by atoms with van der Waals surface area (Å²) in [5, 5.41) is 9.55. The van der Waals surface area contributed by atoms with E-state index in [4.69, 9.17) is 4.74 Å². The average Bonchev–Trinajstić information content (AvgIpc) is 2.51. The summed E-state index contributed by atoms with van der Waals surface area (Å²) in [5.74, 6) is -0.471. The van der Waals surface area contributed by atoms with Crippen LogP contribution < -0.4 is 0 Å². The molecule has 0 aromatic carbocycles. The summed E-state index contributed by atoms with van der Waals surface area (Å²) in [6.45, 7) is 4.36. The molecule has 1 N–H and O–H groups in total. The number of unbranched alkanes of at least 4 members (excludes halogenated alkanes) is 12. The zero-order valence-electron chi connectivity index (χ0n) is 14.9. The van der Waals surface area contributed by atoms with Crippen LogP contribution in [0.3, 0.4) is 0 Å². The van der Waals surface area contributed by atoms with Crippen molar-refractivity contribution in [3.05, 3.63) is 0 Å². The van der Waals surface area contributed by atoms with Crippen LogP contribution in [-0.4, -0.2) is 23.8 Å². The first-order chi connectivity index (χ1) is 10.7. The van der Waals surface area contributed by atoms with E-state index in [1.165, 1.54) is 70.6 Å². The Morgan fingerprint density at radius 2 is 1.18 bits per heavy atom. The van der Waals surface area contributed by atoms with Crippen LogP contribution in [0.25, 0.3) is 0 Å². The van der Waals surface area contributed by atoms with Gasteiger partial charge in [-0.2, -0.15) is 0 Å². The highest BCUT2D eigenvalue weighted by Crippen LogP contribution is 2.13. The van der Waals surface area contributed by atoms with Crippen molar-refractivity contribution in [2.24, 2.45) is 0 Å². The van der Waals surface area contributed by atoms with E-state index < -0.39 is 12.1 Å². The summed E-state index contributed by atoms with van der Waals surface area (Å²) in [4.78, 5) is 11.2. The molecule has 0 aliphatic heterocycles. The van der Waals surface area contributed by atoms with Gasteiger partial charge in [-0.3, -0.25) is 0 Å². The second-order valence-corrected chi connectivity index (χ2v) is 6.30. The third-order valence-corrected chi connectivity index (χ3v) is 4.14. The molecule has 0 radical (unpaired) electrons. The number of ether oxygens (including phenoxy) is 1. The van der Waals surface area contributed by atoms with E-state index in [0.717, 1.165) is 12.8 Å². The molecule has 0 bridgehead atoms. The van der Waals surface area contributed by atoms with Gasteiger partial charge in [-0.1, -0.05) is 90.4 Å². The van der Waals surface area contributed by atoms with Gasteiger partial charge in [0.2, 0.25) is 0 Å². The molecule has 1 atom stereocenters.